The van der Waals surface area contributed by atoms with Crippen LogP contribution in [0.25, 0.3) is 0 Å². The Bertz CT molecular complexity index is 1480. The smallest absolute Gasteiger partial charge is 0.224 e. The number of anilines is 3. The lowest BCUT2D eigenvalue weighted by molar-refractivity contribution is -0.121. The second kappa shape index (κ2) is 12.7. The minimum Gasteiger partial charge on any atom is -0.389 e. The number of fused-ring (bicyclic) bond motifs is 1. The van der Waals surface area contributed by atoms with Crippen LogP contribution in [-0.2, 0) is 17.6 Å². The lowest BCUT2D eigenvalue weighted by Gasteiger charge is -2.37. The SMILES string of the molecule is N=C(c1ccc2c(c1)CC(CC(=O)CC1CCC(Nc3nccc(Nc4cc(C5CCCC5)[nH]n4)n3)CC1)C2)N1CC(O)C1. The molecule has 3 aromatic rings. The predicted octanol–water partition coefficient (Wildman–Crippen LogP) is 5.34. The average molecular weight is 597 g/mol. The van der Waals surface area contributed by atoms with Crippen molar-refractivity contribution in [2.45, 2.75) is 95.1 Å². The van der Waals surface area contributed by atoms with Crippen molar-refractivity contribution in [2.24, 2.45) is 11.8 Å². The topological polar surface area (TPSA) is 143 Å². The molecular formula is C34H44N8O2. The number of hydrogen-bond donors (Lipinski definition) is 5. The van der Waals surface area contributed by atoms with Gasteiger partial charge in [-0.2, -0.15) is 10.1 Å². The number of nitrogens with one attached hydrogen (secondary N) is 4. The molecule has 3 heterocycles. The van der Waals surface area contributed by atoms with Gasteiger partial charge in [0.2, 0.25) is 5.95 Å². The van der Waals surface area contributed by atoms with E-state index < -0.39 is 0 Å². The van der Waals surface area contributed by atoms with Gasteiger partial charge in [0, 0.05) is 61.4 Å². The van der Waals surface area contributed by atoms with Crippen LogP contribution < -0.4 is 10.6 Å². The van der Waals surface area contributed by atoms with Gasteiger partial charge in [-0.1, -0.05) is 25.0 Å². The summed E-state index contributed by atoms with van der Waals surface area (Å²) >= 11 is 0. The third kappa shape index (κ3) is 6.65. The number of aliphatic hydroxyl groups excluding tert-OH is 1. The molecule has 1 unspecified atom stereocenters. The molecule has 1 aliphatic heterocycles. The highest BCUT2D eigenvalue weighted by molar-refractivity contribution is 5.97. The third-order valence-corrected chi connectivity index (χ3v) is 10.2. The Morgan fingerprint density at radius 2 is 1.73 bits per heavy atom. The van der Waals surface area contributed by atoms with Crippen LogP contribution in [0.15, 0.2) is 36.5 Å². The molecule has 3 aliphatic carbocycles. The molecular weight excluding hydrogens is 552 g/mol. The van der Waals surface area contributed by atoms with E-state index in [4.69, 9.17) is 5.41 Å². The minimum atomic E-state index is -0.317. The average Bonchev–Trinajstić information content (AvgIpc) is 3.77. The number of aromatic nitrogens is 4. The van der Waals surface area contributed by atoms with Gasteiger partial charge in [-0.25, -0.2) is 4.98 Å². The highest BCUT2D eigenvalue weighted by atomic mass is 16.3. The van der Waals surface area contributed by atoms with E-state index in [1.807, 2.05) is 17.0 Å². The molecule has 5 N–H and O–H groups in total. The number of carbonyl (C=O) groups excluding carboxylic acids is 1. The fourth-order valence-corrected chi connectivity index (χ4v) is 7.72. The first kappa shape index (κ1) is 29.0. The highest BCUT2D eigenvalue weighted by Gasteiger charge is 2.30. The normalized spacial score (nSPS) is 23.8. The number of hydrogen-bond acceptors (Lipinski definition) is 8. The molecule has 10 nitrogen and oxygen atoms in total. The summed E-state index contributed by atoms with van der Waals surface area (Å²) in [4.78, 5) is 24.1. The Kier molecular flexibility index (Phi) is 8.34. The van der Waals surface area contributed by atoms with E-state index in [1.165, 1.54) is 42.5 Å². The Morgan fingerprint density at radius 3 is 2.52 bits per heavy atom. The summed E-state index contributed by atoms with van der Waals surface area (Å²) < 4.78 is 0. The summed E-state index contributed by atoms with van der Waals surface area (Å²) in [6.45, 7) is 1.08. The summed E-state index contributed by atoms with van der Waals surface area (Å²) in [6, 6.07) is 10.6. The summed E-state index contributed by atoms with van der Waals surface area (Å²) in [7, 11) is 0. The monoisotopic (exact) mass is 596 g/mol. The largest absolute Gasteiger partial charge is 0.389 e. The van der Waals surface area contributed by atoms with Crippen LogP contribution in [0.1, 0.15) is 92.5 Å². The van der Waals surface area contributed by atoms with Gasteiger partial charge in [-0.05, 0) is 86.5 Å². The van der Waals surface area contributed by atoms with Crippen LogP contribution in [0.5, 0.6) is 0 Å². The second-order valence-electron chi connectivity index (χ2n) is 13.6. The number of carbonyl (C=O) groups is 1. The molecule has 4 aliphatic rings. The fourth-order valence-electron chi connectivity index (χ4n) is 7.72. The fraction of sp³-hybridized carbons (Fsp3) is 0.559. The van der Waals surface area contributed by atoms with Crippen molar-refractivity contribution in [1.29, 1.82) is 5.41 Å². The van der Waals surface area contributed by atoms with Crippen molar-refractivity contribution in [2.75, 3.05) is 23.7 Å². The quantitative estimate of drug-likeness (QED) is 0.156. The lowest BCUT2D eigenvalue weighted by Crippen LogP contribution is -2.53. The van der Waals surface area contributed by atoms with E-state index in [9.17, 15) is 9.90 Å². The number of H-pyrrole nitrogens is 1. The van der Waals surface area contributed by atoms with Crippen LogP contribution in [0, 0.1) is 17.2 Å². The summed E-state index contributed by atoms with van der Waals surface area (Å²) in [5.74, 6) is 4.42. The zero-order valence-corrected chi connectivity index (χ0v) is 25.4. The molecule has 1 aromatic carbocycles. The molecule has 0 amide bonds. The van der Waals surface area contributed by atoms with Gasteiger partial charge in [0.25, 0.3) is 0 Å². The van der Waals surface area contributed by atoms with Gasteiger partial charge in [0.15, 0.2) is 5.82 Å². The molecule has 0 spiro atoms. The Labute approximate surface area is 259 Å². The number of benzene rings is 1. The predicted molar refractivity (Wildman–Crippen MR) is 170 cm³/mol. The maximum atomic E-state index is 13.1. The van der Waals surface area contributed by atoms with Gasteiger partial charge in [-0.3, -0.25) is 15.3 Å². The maximum absolute atomic E-state index is 13.1. The van der Waals surface area contributed by atoms with Gasteiger partial charge >= 0.3 is 0 Å². The number of ketones is 1. The lowest BCUT2D eigenvalue weighted by atomic mass is 9.82. The van der Waals surface area contributed by atoms with Gasteiger partial charge in [0.05, 0.1) is 6.10 Å². The van der Waals surface area contributed by atoms with E-state index >= 15 is 0 Å². The number of Topliss-reactive ketones (excluding diaryl/α,β-unsaturated/α-hetero) is 1. The molecule has 2 saturated carbocycles. The van der Waals surface area contributed by atoms with E-state index in [0.717, 1.165) is 55.7 Å². The highest BCUT2D eigenvalue weighted by Crippen LogP contribution is 2.35. The van der Waals surface area contributed by atoms with Crippen molar-refractivity contribution in [3.63, 3.8) is 0 Å². The summed E-state index contributed by atoms with van der Waals surface area (Å²) in [5.41, 5.74) is 4.70. The van der Waals surface area contributed by atoms with Crippen molar-refractivity contribution in [3.8, 4) is 0 Å². The molecule has 0 bridgehead atoms. The third-order valence-electron chi connectivity index (χ3n) is 10.2. The van der Waals surface area contributed by atoms with Crippen LogP contribution >= 0.6 is 0 Å². The van der Waals surface area contributed by atoms with Gasteiger partial charge in [0.1, 0.15) is 17.4 Å². The summed E-state index contributed by atoms with van der Waals surface area (Å²) in [5, 5.41) is 32.5. The van der Waals surface area contributed by atoms with E-state index in [-0.39, 0.29) is 6.10 Å². The molecule has 3 fully saturated rings. The minimum absolute atomic E-state index is 0.313. The van der Waals surface area contributed by atoms with E-state index in [0.29, 0.717) is 67.3 Å². The molecule has 1 saturated heterocycles. The van der Waals surface area contributed by atoms with Crippen LogP contribution in [0.2, 0.25) is 0 Å². The van der Waals surface area contributed by atoms with Crippen molar-refractivity contribution < 1.29 is 9.90 Å². The number of rotatable bonds is 10. The molecule has 232 valence electrons. The zero-order valence-electron chi connectivity index (χ0n) is 25.4. The molecule has 7 rings (SSSR count). The van der Waals surface area contributed by atoms with Crippen molar-refractivity contribution in [3.05, 3.63) is 58.9 Å². The van der Waals surface area contributed by atoms with Crippen molar-refractivity contribution >= 4 is 29.2 Å². The second-order valence-corrected chi connectivity index (χ2v) is 13.6. The number of β-amino-alcohol motifs (C(OH)–C–C–N with tert-alkyl or cyclic N) is 1. The number of aromatic amines is 1. The number of aliphatic hydroxyl groups is 1. The summed E-state index contributed by atoms with van der Waals surface area (Å²) in [6.07, 6.45) is 13.8. The standard InChI is InChI=1S/C34H44N8O2/c35-33(42-19-29(44)20-42)25-8-7-24-13-22(14-26(24)17-25)16-28(43)15-21-5-9-27(10-6-21)37-34-36-12-11-31(39-34)38-32-18-30(40-41-32)23-3-1-2-4-23/h7-8,11-12,17-18,21-23,27,29,35,44H,1-6,9-10,13-16,19-20H2,(H3,36,37,38,39,40,41). The molecule has 0 radical (unpaired) electrons. The first-order chi connectivity index (χ1) is 21.4. The van der Waals surface area contributed by atoms with Gasteiger partial charge in [-0.15, -0.1) is 0 Å². The van der Waals surface area contributed by atoms with Gasteiger partial charge < -0.3 is 20.6 Å². The number of amidine groups is 1. The van der Waals surface area contributed by atoms with E-state index in [1.54, 1.807) is 6.20 Å². The van der Waals surface area contributed by atoms with Crippen LogP contribution in [0.4, 0.5) is 17.6 Å². The number of nitrogens with zero attached hydrogens (tertiary/aromatic N) is 4. The van der Waals surface area contributed by atoms with Crippen molar-refractivity contribution in [1.82, 2.24) is 25.1 Å². The Balaban J connectivity index is 0.841. The first-order valence-electron chi connectivity index (χ1n) is 16.5. The Hall–Kier alpha value is -3.79. The molecule has 44 heavy (non-hydrogen) atoms. The molecule has 10 heteroatoms. The molecule has 2 aromatic heterocycles. The van der Waals surface area contributed by atoms with Crippen LogP contribution in [0.3, 0.4) is 0 Å². The van der Waals surface area contributed by atoms with E-state index in [2.05, 4.69) is 49.0 Å². The van der Waals surface area contributed by atoms with Crippen LogP contribution in [-0.4, -0.2) is 67.0 Å². The Morgan fingerprint density at radius 1 is 0.955 bits per heavy atom. The maximum Gasteiger partial charge on any atom is 0.224 e. The number of likely N-dealkylation sites (tertiary alicyclic amines) is 1. The first-order valence-corrected chi connectivity index (χ1v) is 16.5. The zero-order chi connectivity index (χ0) is 30.0. The molecule has 1 atom stereocenters.